The fourth-order valence-electron chi connectivity index (χ4n) is 7.45. The molecule has 2 N–H and O–H groups in total. The third-order valence-electron chi connectivity index (χ3n) is 6.60. The molecule has 1 amide bonds. The van der Waals surface area contributed by atoms with Crippen LogP contribution in [0.1, 0.15) is 59.3 Å². The Morgan fingerprint density at radius 3 is 1.84 bits per heavy atom. The lowest BCUT2D eigenvalue weighted by Crippen LogP contribution is -2.63. The highest BCUT2D eigenvalue weighted by Gasteiger charge is 2.66. The first-order valence-corrected chi connectivity index (χ1v) is 9.72. The number of amides is 1. The predicted molar refractivity (Wildman–Crippen MR) is 105 cm³/mol. The maximum absolute atomic E-state index is 13.3. The van der Waals surface area contributed by atoms with Crippen LogP contribution < -0.4 is 10.6 Å². The van der Waals surface area contributed by atoms with E-state index in [1.807, 2.05) is 30.3 Å². The van der Waals surface area contributed by atoms with Crippen LogP contribution in [0.15, 0.2) is 30.3 Å². The van der Waals surface area contributed by atoms with E-state index in [2.05, 4.69) is 31.4 Å². The van der Waals surface area contributed by atoms with Gasteiger partial charge >= 0.3 is 0 Å². The molecule has 0 atom stereocenters. The highest BCUT2D eigenvalue weighted by Crippen LogP contribution is 2.73. The van der Waals surface area contributed by atoms with Crippen LogP contribution in [0.25, 0.3) is 0 Å². The summed E-state index contributed by atoms with van der Waals surface area (Å²) >= 11 is 5.41. The van der Waals surface area contributed by atoms with Crippen LogP contribution in [0.5, 0.6) is 0 Å². The SMILES string of the molecule is CC12CC3(C)CC(C)(C1)CC(C(=O)NC(=S)Nc1ccccc1)(C2)C3. The molecule has 1 aromatic carbocycles. The van der Waals surface area contributed by atoms with Gasteiger partial charge in [0.1, 0.15) is 0 Å². The molecule has 3 nitrogen and oxygen atoms in total. The average molecular weight is 357 g/mol. The molecule has 4 saturated carbocycles. The molecule has 4 fully saturated rings. The Balaban J connectivity index is 1.53. The number of benzene rings is 1. The number of rotatable bonds is 2. The Labute approximate surface area is 156 Å². The monoisotopic (exact) mass is 356 g/mol. The lowest BCUT2D eigenvalue weighted by Gasteiger charge is -2.68. The maximum Gasteiger partial charge on any atom is 0.232 e. The van der Waals surface area contributed by atoms with Gasteiger partial charge in [0.05, 0.1) is 5.41 Å². The second-order valence-electron chi connectivity index (χ2n) is 10.0. The van der Waals surface area contributed by atoms with Crippen molar-refractivity contribution in [3.63, 3.8) is 0 Å². The maximum atomic E-state index is 13.3. The minimum absolute atomic E-state index is 0.128. The van der Waals surface area contributed by atoms with Crippen LogP contribution >= 0.6 is 12.2 Å². The fraction of sp³-hybridized carbons (Fsp3) is 0.619. The van der Waals surface area contributed by atoms with E-state index in [0.717, 1.165) is 24.9 Å². The Morgan fingerprint density at radius 2 is 1.36 bits per heavy atom. The molecule has 0 aromatic heterocycles. The van der Waals surface area contributed by atoms with Crippen LogP contribution in [0.2, 0.25) is 0 Å². The fourth-order valence-corrected chi connectivity index (χ4v) is 7.66. The summed E-state index contributed by atoms with van der Waals surface area (Å²) in [4.78, 5) is 13.3. The lowest BCUT2D eigenvalue weighted by atomic mass is 9.36. The molecule has 4 bridgehead atoms. The molecule has 134 valence electrons. The highest BCUT2D eigenvalue weighted by atomic mass is 32.1. The van der Waals surface area contributed by atoms with Crippen molar-refractivity contribution in [1.29, 1.82) is 0 Å². The molecule has 4 aliphatic carbocycles. The van der Waals surface area contributed by atoms with Crippen LogP contribution in [-0.2, 0) is 4.79 Å². The molecular weight excluding hydrogens is 328 g/mol. The van der Waals surface area contributed by atoms with Gasteiger partial charge in [0.25, 0.3) is 0 Å². The summed E-state index contributed by atoms with van der Waals surface area (Å²) in [6, 6.07) is 9.77. The van der Waals surface area contributed by atoms with Crippen molar-refractivity contribution in [3.05, 3.63) is 30.3 Å². The molecule has 25 heavy (non-hydrogen) atoms. The molecule has 5 rings (SSSR count). The molecular formula is C21H28N2OS. The van der Waals surface area contributed by atoms with E-state index in [1.54, 1.807) is 0 Å². The van der Waals surface area contributed by atoms with E-state index in [9.17, 15) is 4.79 Å². The largest absolute Gasteiger partial charge is 0.332 e. The van der Waals surface area contributed by atoms with E-state index in [-0.39, 0.29) is 11.3 Å². The van der Waals surface area contributed by atoms with Gasteiger partial charge in [0, 0.05) is 5.69 Å². The minimum atomic E-state index is -0.255. The van der Waals surface area contributed by atoms with Gasteiger partial charge in [-0.2, -0.15) is 0 Å². The van der Waals surface area contributed by atoms with Crippen molar-refractivity contribution in [2.45, 2.75) is 59.3 Å². The van der Waals surface area contributed by atoms with Gasteiger partial charge in [-0.3, -0.25) is 4.79 Å². The van der Waals surface area contributed by atoms with Crippen molar-refractivity contribution >= 4 is 28.9 Å². The Morgan fingerprint density at radius 1 is 0.880 bits per heavy atom. The normalized spacial score (nSPS) is 41.4. The van der Waals surface area contributed by atoms with Gasteiger partial charge < -0.3 is 10.6 Å². The molecule has 0 aliphatic heterocycles. The Hall–Kier alpha value is -1.42. The second-order valence-corrected chi connectivity index (χ2v) is 10.5. The smallest absolute Gasteiger partial charge is 0.232 e. The van der Waals surface area contributed by atoms with Crippen LogP contribution in [0.3, 0.4) is 0 Å². The summed E-state index contributed by atoms with van der Waals surface area (Å²) in [6.07, 6.45) is 6.80. The first-order chi connectivity index (χ1) is 11.6. The minimum Gasteiger partial charge on any atom is -0.332 e. The first-order valence-electron chi connectivity index (χ1n) is 9.31. The van der Waals surface area contributed by atoms with Gasteiger partial charge in [-0.25, -0.2) is 0 Å². The third-order valence-corrected chi connectivity index (χ3v) is 6.80. The quantitative estimate of drug-likeness (QED) is 0.742. The zero-order valence-corrected chi connectivity index (χ0v) is 16.3. The van der Waals surface area contributed by atoms with E-state index < -0.39 is 0 Å². The van der Waals surface area contributed by atoms with Crippen molar-refractivity contribution in [3.8, 4) is 0 Å². The van der Waals surface area contributed by atoms with Crippen LogP contribution in [0.4, 0.5) is 5.69 Å². The Bertz CT molecular complexity index is 675. The molecule has 0 heterocycles. The van der Waals surface area contributed by atoms with Crippen molar-refractivity contribution in [1.82, 2.24) is 5.32 Å². The number of anilines is 1. The molecule has 1 aromatic rings. The van der Waals surface area contributed by atoms with Crippen LogP contribution in [-0.4, -0.2) is 11.0 Å². The second kappa shape index (κ2) is 5.29. The number of carbonyl (C=O) groups is 1. The molecule has 0 radical (unpaired) electrons. The zero-order valence-electron chi connectivity index (χ0n) is 15.4. The van der Waals surface area contributed by atoms with E-state index >= 15 is 0 Å². The summed E-state index contributed by atoms with van der Waals surface area (Å²) in [5.74, 6) is 0.128. The van der Waals surface area contributed by atoms with Gasteiger partial charge in [0.15, 0.2) is 5.11 Å². The topological polar surface area (TPSA) is 41.1 Å². The zero-order chi connectivity index (χ0) is 17.9. The number of hydrogen-bond donors (Lipinski definition) is 2. The number of hydrogen-bond acceptors (Lipinski definition) is 2. The van der Waals surface area contributed by atoms with Gasteiger partial charge in [-0.05, 0) is 79.1 Å². The molecule has 0 unspecified atom stereocenters. The lowest BCUT2D eigenvalue weighted by molar-refractivity contribution is -0.190. The van der Waals surface area contributed by atoms with Crippen molar-refractivity contribution in [2.75, 3.05) is 5.32 Å². The van der Waals surface area contributed by atoms with Gasteiger partial charge in [-0.15, -0.1) is 0 Å². The number of carbonyl (C=O) groups excluding carboxylic acids is 1. The average Bonchev–Trinajstić information content (AvgIpc) is 2.42. The first kappa shape index (κ1) is 17.0. The van der Waals surface area contributed by atoms with E-state index in [1.165, 1.54) is 19.3 Å². The number of thiocarbonyl (C=S) groups is 1. The summed E-state index contributed by atoms with van der Waals surface area (Å²) < 4.78 is 0. The summed E-state index contributed by atoms with van der Waals surface area (Å²) in [7, 11) is 0. The molecule has 4 heteroatoms. The van der Waals surface area contributed by atoms with E-state index in [0.29, 0.717) is 21.4 Å². The van der Waals surface area contributed by atoms with Crippen molar-refractivity contribution < 1.29 is 4.79 Å². The van der Waals surface area contributed by atoms with Gasteiger partial charge in [0.2, 0.25) is 5.91 Å². The summed E-state index contributed by atoms with van der Waals surface area (Å²) in [5.41, 5.74) is 1.54. The predicted octanol–water partition coefficient (Wildman–Crippen LogP) is 4.89. The summed E-state index contributed by atoms with van der Waals surface area (Å²) in [5, 5.41) is 6.56. The third kappa shape index (κ3) is 2.99. The molecule has 0 spiro atoms. The molecule has 4 aliphatic rings. The van der Waals surface area contributed by atoms with Crippen LogP contribution in [0, 0.1) is 21.7 Å². The number of para-hydroxylation sites is 1. The van der Waals surface area contributed by atoms with Gasteiger partial charge in [-0.1, -0.05) is 39.0 Å². The standard InChI is InChI=1S/C21H28N2OS/c1-18-9-19(2)11-20(3,10-18)14-21(12-18,13-19)16(24)23-17(25)22-15-7-5-4-6-8-15/h4-8H,9-14H2,1-3H3,(H2,22,23,24,25). The molecule has 0 saturated heterocycles. The summed E-state index contributed by atoms with van der Waals surface area (Å²) in [6.45, 7) is 7.18. The Kier molecular flexibility index (Phi) is 3.60. The number of nitrogens with one attached hydrogen (secondary N) is 2. The van der Waals surface area contributed by atoms with Crippen molar-refractivity contribution in [2.24, 2.45) is 21.7 Å². The van der Waals surface area contributed by atoms with E-state index in [4.69, 9.17) is 12.2 Å². The highest BCUT2D eigenvalue weighted by molar-refractivity contribution is 7.80.